The van der Waals surface area contributed by atoms with Crippen LogP contribution in [-0.2, 0) is 9.59 Å². The summed E-state index contributed by atoms with van der Waals surface area (Å²) in [5, 5.41) is 2.05. The van der Waals surface area contributed by atoms with E-state index in [4.69, 9.17) is 23.2 Å². The molecule has 1 heterocycles. The third-order valence-corrected chi connectivity index (χ3v) is 5.53. The predicted molar refractivity (Wildman–Crippen MR) is 109 cm³/mol. The van der Waals surface area contributed by atoms with Crippen LogP contribution in [0.2, 0.25) is 10.0 Å². The number of halogens is 2. The van der Waals surface area contributed by atoms with Gasteiger partial charge in [-0.1, -0.05) is 35.3 Å². The van der Waals surface area contributed by atoms with Crippen molar-refractivity contribution >= 4 is 46.7 Å². The average molecular weight is 433 g/mol. The Morgan fingerprint density at radius 2 is 1.52 bits per heavy atom. The number of aryl methyl sites for hydroxylation is 2. The van der Waals surface area contributed by atoms with Gasteiger partial charge >= 0.3 is 0 Å². The molecule has 3 rings (SSSR count). The standard InChI is InChI=1S/C21H18Cl2N2O4/c1-12-3-4-14(9-13(12)2)18(26)11-24(25-19(27)7-8-20(25)28)21(29)15-5-6-16(22)17(23)10-15/h3-6,9-10H,7-8,11H2,1-2H3. The number of carbonyl (C=O) groups excluding carboxylic acids is 4. The first-order valence-electron chi connectivity index (χ1n) is 8.92. The highest BCUT2D eigenvalue weighted by molar-refractivity contribution is 6.42. The smallest absolute Gasteiger partial charge is 0.273 e. The van der Waals surface area contributed by atoms with Gasteiger partial charge in [0.2, 0.25) is 11.8 Å². The topological polar surface area (TPSA) is 74.8 Å². The van der Waals surface area contributed by atoms with Crippen molar-refractivity contribution in [1.29, 1.82) is 0 Å². The number of hydrazine groups is 1. The molecule has 0 N–H and O–H groups in total. The minimum atomic E-state index is -0.690. The fourth-order valence-corrected chi connectivity index (χ4v) is 3.29. The first-order valence-corrected chi connectivity index (χ1v) is 9.67. The lowest BCUT2D eigenvalue weighted by Crippen LogP contribution is -2.51. The molecule has 1 saturated heterocycles. The molecule has 1 fully saturated rings. The number of hydrogen-bond donors (Lipinski definition) is 0. The van der Waals surface area contributed by atoms with Crippen LogP contribution in [0, 0.1) is 13.8 Å². The van der Waals surface area contributed by atoms with Crippen LogP contribution in [0.1, 0.15) is 44.7 Å². The third kappa shape index (κ3) is 4.33. The van der Waals surface area contributed by atoms with E-state index in [-0.39, 0.29) is 28.5 Å². The van der Waals surface area contributed by atoms with Gasteiger partial charge in [0.05, 0.1) is 10.0 Å². The van der Waals surface area contributed by atoms with Crippen LogP contribution in [0.25, 0.3) is 0 Å². The Morgan fingerprint density at radius 3 is 2.10 bits per heavy atom. The fourth-order valence-electron chi connectivity index (χ4n) is 2.99. The van der Waals surface area contributed by atoms with Crippen LogP contribution in [0.3, 0.4) is 0 Å². The monoisotopic (exact) mass is 432 g/mol. The molecular weight excluding hydrogens is 415 g/mol. The van der Waals surface area contributed by atoms with Crippen molar-refractivity contribution in [3.8, 4) is 0 Å². The second-order valence-electron chi connectivity index (χ2n) is 6.81. The molecule has 0 aliphatic carbocycles. The molecular formula is C21H18Cl2N2O4. The molecule has 8 heteroatoms. The maximum absolute atomic E-state index is 13.1. The van der Waals surface area contributed by atoms with E-state index in [9.17, 15) is 19.2 Å². The summed E-state index contributed by atoms with van der Waals surface area (Å²) in [6, 6.07) is 9.38. The van der Waals surface area contributed by atoms with Gasteiger partial charge in [0.25, 0.3) is 5.91 Å². The summed E-state index contributed by atoms with van der Waals surface area (Å²) in [7, 11) is 0. The van der Waals surface area contributed by atoms with Gasteiger partial charge in [0, 0.05) is 24.0 Å². The van der Waals surface area contributed by atoms with Gasteiger partial charge < -0.3 is 0 Å². The zero-order chi connectivity index (χ0) is 21.3. The summed E-state index contributed by atoms with van der Waals surface area (Å²) in [5.74, 6) is -2.15. The number of rotatable bonds is 5. The minimum absolute atomic E-state index is 0.0121. The van der Waals surface area contributed by atoms with Crippen molar-refractivity contribution in [2.24, 2.45) is 0 Å². The van der Waals surface area contributed by atoms with E-state index in [0.717, 1.165) is 21.1 Å². The van der Waals surface area contributed by atoms with E-state index >= 15 is 0 Å². The molecule has 0 saturated carbocycles. The molecule has 3 amide bonds. The van der Waals surface area contributed by atoms with Crippen molar-refractivity contribution in [2.75, 3.05) is 6.54 Å². The molecule has 2 aromatic rings. The van der Waals surface area contributed by atoms with Crippen molar-refractivity contribution in [3.05, 3.63) is 68.7 Å². The lowest BCUT2D eigenvalue weighted by molar-refractivity contribution is -0.152. The quantitative estimate of drug-likeness (QED) is 0.528. The van der Waals surface area contributed by atoms with E-state index in [0.29, 0.717) is 5.56 Å². The van der Waals surface area contributed by atoms with Crippen LogP contribution in [0.4, 0.5) is 0 Å². The SMILES string of the molecule is Cc1ccc(C(=O)CN(C(=O)c2ccc(Cl)c(Cl)c2)N2C(=O)CCC2=O)cc1C. The minimum Gasteiger partial charge on any atom is -0.292 e. The number of benzene rings is 2. The second kappa shape index (κ2) is 8.35. The average Bonchev–Trinajstić information content (AvgIpc) is 3.01. The predicted octanol–water partition coefficient (Wildman–Crippen LogP) is 4.00. The van der Waals surface area contributed by atoms with E-state index in [1.165, 1.54) is 18.2 Å². The molecule has 0 unspecified atom stereocenters. The molecule has 0 aromatic heterocycles. The van der Waals surface area contributed by atoms with Crippen LogP contribution < -0.4 is 0 Å². The number of carbonyl (C=O) groups is 4. The zero-order valence-corrected chi connectivity index (χ0v) is 17.4. The summed E-state index contributed by atoms with van der Waals surface area (Å²) in [5.41, 5.74) is 2.45. The third-order valence-electron chi connectivity index (χ3n) is 4.79. The first-order chi connectivity index (χ1) is 13.7. The lowest BCUT2D eigenvalue weighted by Gasteiger charge is -2.29. The van der Waals surface area contributed by atoms with Gasteiger partial charge in [-0.05, 0) is 49.2 Å². The van der Waals surface area contributed by atoms with Crippen LogP contribution >= 0.6 is 23.2 Å². The Kier molecular flexibility index (Phi) is 6.05. The molecule has 0 bridgehead atoms. The van der Waals surface area contributed by atoms with Gasteiger partial charge in [-0.2, -0.15) is 5.01 Å². The van der Waals surface area contributed by atoms with Crippen LogP contribution in [0.15, 0.2) is 36.4 Å². The number of amides is 3. The van der Waals surface area contributed by atoms with Crippen molar-refractivity contribution in [2.45, 2.75) is 26.7 Å². The van der Waals surface area contributed by atoms with Gasteiger partial charge in [0.15, 0.2) is 5.78 Å². The summed E-state index contributed by atoms with van der Waals surface area (Å²) in [4.78, 5) is 50.5. The van der Waals surface area contributed by atoms with Crippen molar-refractivity contribution in [1.82, 2.24) is 10.0 Å². The molecule has 2 aromatic carbocycles. The summed E-state index contributed by atoms with van der Waals surface area (Å²) in [6.45, 7) is 3.34. The Balaban J connectivity index is 1.96. The second-order valence-corrected chi connectivity index (χ2v) is 7.63. The van der Waals surface area contributed by atoms with Gasteiger partial charge in [-0.15, -0.1) is 0 Å². The molecule has 6 nitrogen and oxygen atoms in total. The molecule has 0 radical (unpaired) electrons. The summed E-state index contributed by atoms with van der Waals surface area (Å²) >= 11 is 11.9. The molecule has 0 atom stereocenters. The number of nitrogens with zero attached hydrogens (tertiary/aromatic N) is 2. The maximum atomic E-state index is 13.1. The highest BCUT2D eigenvalue weighted by Crippen LogP contribution is 2.25. The van der Waals surface area contributed by atoms with Crippen molar-refractivity contribution in [3.63, 3.8) is 0 Å². The van der Waals surface area contributed by atoms with Gasteiger partial charge in [-0.3, -0.25) is 19.2 Å². The van der Waals surface area contributed by atoms with Gasteiger partial charge in [0.1, 0.15) is 6.54 Å². The highest BCUT2D eigenvalue weighted by atomic mass is 35.5. The molecule has 0 spiro atoms. The first kappa shape index (κ1) is 21.0. The van der Waals surface area contributed by atoms with E-state index in [1.807, 2.05) is 13.8 Å². The molecule has 1 aliphatic rings. The number of Topliss-reactive ketones (excluding diaryl/α,β-unsaturated/α-hetero) is 1. The Labute approximate surface area is 178 Å². The number of hydrogen-bond acceptors (Lipinski definition) is 4. The molecule has 29 heavy (non-hydrogen) atoms. The fraction of sp³-hybridized carbons (Fsp3) is 0.238. The van der Waals surface area contributed by atoms with Crippen molar-refractivity contribution < 1.29 is 19.2 Å². The normalized spacial score (nSPS) is 13.7. The number of imide groups is 1. The summed E-state index contributed by atoms with van der Waals surface area (Å²) in [6.07, 6.45) is -0.0242. The Bertz CT molecular complexity index is 1020. The highest BCUT2D eigenvalue weighted by Gasteiger charge is 2.38. The maximum Gasteiger partial charge on any atom is 0.273 e. The Morgan fingerprint density at radius 1 is 0.897 bits per heavy atom. The lowest BCUT2D eigenvalue weighted by atomic mass is 10.0. The molecule has 1 aliphatic heterocycles. The Hall–Kier alpha value is -2.70. The number of ketones is 1. The van der Waals surface area contributed by atoms with E-state index in [1.54, 1.807) is 18.2 Å². The van der Waals surface area contributed by atoms with Gasteiger partial charge in [-0.25, -0.2) is 5.01 Å². The zero-order valence-electron chi connectivity index (χ0n) is 15.9. The van der Waals surface area contributed by atoms with E-state index in [2.05, 4.69) is 0 Å². The largest absolute Gasteiger partial charge is 0.292 e. The summed E-state index contributed by atoms with van der Waals surface area (Å²) < 4.78 is 0. The van der Waals surface area contributed by atoms with E-state index < -0.39 is 30.0 Å². The van der Waals surface area contributed by atoms with Crippen LogP contribution in [0.5, 0.6) is 0 Å². The molecule has 150 valence electrons. The van der Waals surface area contributed by atoms with Crippen LogP contribution in [-0.4, -0.2) is 40.1 Å².